The molecular weight excluding hydrogens is 449 g/mol. The van der Waals surface area contributed by atoms with E-state index in [4.69, 9.17) is 0 Å². The van der Waals surface area contributed by atoms with Gasteiger partial charge in [-0.15, -0.1) is 30.8 Å². The van der Waals surface area contributed by atoms with E-state index in [0.29, 0.717) is 25.4 Å². The molecule has 25 heavy (non-hydrogen) atoms. The SMILES string of the molecule is O=C(Nc1ccccc1)c1ccccc1N1C(=O)CC(PBI)C1=O. The molecule has 1 heterocycles. The first-order valence-electron chi connectivity index (χ1n) is 7.73. The van der Waals surface area contributed by atoms with Crippen LogP contribution in [0.4, 0.5) is 11.4 Å². The van der Waals surface area contributed by atoms with Crippen molar-refractivity contribution in [2.75, 3.05) is 10.2 Å². The van der Waals surface area contributed by atoms with Crippen LogP contribution in [0.1, 0.15) is 16.8 Å². The van der Waals surface area contributed by atoms with Crippen LogP contribution in [0.25, 0.3) is 0 Å². The van der Waals surface area contributed by atoms with Gasteiger partial charge in [-0.3, -0.25) is 14.4 Å². The number of nitrogens with zero attached hydrogens (tertiary/aromatic N) is 1. The van der Waals surface area contributed by atoms with Crippen molar-refractivity contribution in [1.29, 1.82) is 0 Å². The van der Waals surface area contributed by atoms with Gasteiger partial charge in [0.1, 0.15) is 0 Å². The Balaban J connectivity index is 1.90. The Morgan fingerprint density at radius 1 is 1.12 bits per heavy atom. The molecule has 1 N–H and O–H groups in total. The Morgan fingerprint density at radius 2 is 1.80 bits per heavy atom. The monoisotopic (exact) mass is 464 g/mol. The summed E-state index contributed by atoms with van der Waals surface area (Å²) in [6.45, 7) is 0. The van der Waals surface area contributed by atoms with E-state index in [9.17, 15) is 14.4 Å². The lowest BCUT2D eigenvalue weighted by atomic mass is 10.1. The van der Waals surface area contributed by atoms with E-state index in [2.05, 4.69) is 27.7 Å². The zero-order valence-corrected chi connectivity index (χ0v) is 16.4. The van der Waals surface area contributed by atoms with E-state index >= 15 is 0 Å². The molecule has 0 aromatic heterocycles. The summed E-state index contributed by atoms with van der Waals surface area (Å²) >= 11 is 2.21. The molecule has 3 amide bonds. The van der Waals surface area contributed by atoms with Crippen LogP contribution >= 0.6 is 30.8 Å². The molecule has 2 unspecified atom stereocenters. The van der Waals surface area contributed by atoms with Crippen molar-refractivity contribution in [3.63, 3.8) is 0 Å². The molecule has 0 saturated carbocycles. The Morgan fingerprint density at radius 3 is 2.52 bits per heavy atom. The Hall–Kier alpha value is -1.73. The maximum absolute atomic E-state index is 12.7. The van der Waals surface area contributed by atoms with Crippen molar-refractivity contribution >= 4 is 64.8 Å². The van der Waals surface area contributed by atoms with E-state index in [-0.39, 0.29) is 29.8 Å². The van der Waals surface area contributed by atoms with Crippen molar-refractivity contribution < 1.29 is 14.4 Å². The number of halogens is 1. The van der Waals surface area contributed by atoms with Gasteiger partial charge in [-0.2, -0.15) is 0 Å². The summed E-state index contributed by atoms with van der Waals surface area (Å²) < 4.78 is 0. The fourth-order valence-corrected chi connectivity index (χ4v) is 5.12. The minimum Gasteiger partial charge on any atom is -0.322 e. The van der Waals surface area contributed by atoms with Gasteiger partial charge >= 0.3 is 0 Å². The lowest BCUT2D eigenvalue weighted by molar-refractivity contribution is -0.121. The highest BCUT2D eigenvalue weighted by atomic mass is 127. The topological polar surface area (TPSA) is 66.5 Å². The summed E-state index contributed by atoms with van der Waals surface area (Å²) in [5, 5.41) is 2.80. The Bertz CT molecular complexity index is 819. The summed E-state index contributed by atoms with van der Waals surface area (Å²) in [5.74, 6) is -0.797. The van der Waals surface area contributed by atoms with Gasteiger partial charge in [-0.25, -0.2) is 4.90 Å². The molecule has 8 heteroatoms. The maximum atomic E-state index is 12.7. The molecule has 0 spiro atoms. The number of carbonyl (C=O) groups is 3. The normalized spacial score (nSPS) is 17.3. The van der Waals surface area contributed by atoms with Gasteiger partial charge < -0.3 is 5.32 Å². The lowest BCUT2D eigenvalue weighted by Gasteiger charge is -2.18. The van der Waals surface area contributed by atoms with Crippen LogP contribution in [-0.2, 0) is 9.59 Å². The van der Waals surface area contributed by atoms with Crippen molar-refractivity contribution in [2.24, 2.45) is 0 Å². The van der Waals surface area contributed by atoms with Crippen molar-refractivity contribution in [2.45, 2.75) is 12.1 Å². The van der Waals surface area contributed by atoms with Gasteiger partial charge in [-0.05, 0) is 24.3 Å². The highest BCUT2D eigenvalue weighted by molar-refractivity contribution is 14.1. The number of imide groups is 1. The molecule has 3 rings (SSSR count). The van der Waals surface area contributed by atoms with Gasteiger partial charge in [0.15, 0.2) is 0 Å². The zero-order chi connectivity index (χ0) is 17.8. The van der Waals surface area contributed by atoms with Crippen molar-refractivity contribution in [1.82, 2.24) is 0 Å². The third-order valence-corrected chi connectivity index (χ3v) is 6.31. The molecule has 2 atom stereocenters. The number of benzene rings is 2. The molecule has 126 valence electrons. The summed E-state index contributed by atoms with van der Waals surface area (Å²) in [6.07, 6.45) is 0.217. The summed E-state index contributed by atoms with van der Waals surface area (Å²) in [4.78, 5) is 39.7. The number of rotatable bonds is 5. The number of nitrogens with one attached hydrogen (secondary N) is 1. The third-order valence-electron chi connectivity index (χ3n) is 3.89. The van der Waals surface area contributed by atoms with Crippen LogP contribution in [0.5, 0.6) is 0 Å². The first-order valence-corrected chi connectivity index (χ1v) is 10.5. The van der Waals surface area contributed by atoms with E-state index in [1.165, 1.54) is 4.90 Å². The van der Waals surface area contributed by atoms with Crippen LogP contribution in [0.15, 0.2) is 54.6 Å². The van der Waals surface area contributed by atoms with E-state index in [1.807, 2.05) is 18.2 Å². The summed E-state index contributed by atoms with van der Waals surface area (Å²) in [6, 6.07) is 15.8. The number of carbonyl (C=O) groups excluding carboxylic acids is 3. The summed E-state index contributed by atoms with van der Waals surface area (Å²) in [7, 11) is 0.409. The maximum Gasteiger partial charge on any atom is 0.257 e. The van der Waals surface area contributed by atoms with Crippen LogP contribution in [0.2, 0.25) is 0 Å². The van der Waals surface area contributed by atoms with Gasteiger partial charge in [0.2, 0.25) is 16.7 Å². The lowest BCUT2D eigenvalue weighted by Crippen LogP contribution is -2.33. The largest absolute Gasteiger partial charge is 0.322 e. The fourth-order valence-electron chi connectivity index (χ4n) is 2.72. The molecule has 1 saturated heterocycles. The molecular formula is C17H15BIN2O3P. The number of anilines is 2. The van der Waals surface area contributed by atoms with Crippen LogP contribution in [0.3, 0.4) is 0 Å². The third kappa shape index (κ3) is 3.93. The Kier molecular flexibility index (Phi) is 5.86. The minimum atomic E-state index is -0.345. The fraction of sp³-hybridized carbons (Fsp3) is 0.118. The predicted molar refractivity (Wildman–Crippen MR) is 111 cm³/mol. The average Bonchev–Trinajstić information content (AvgIpc) is 2.90. The minimum absolute atomic E-state index is 0.208. The van der Waals surface area contributed by atoms with Crippen LogP contribution in [0, 0.1) is 0 Å². The molecule has 5 nitrogen and oxygen atoms in total. The van der Waals surface area contributed by atoms with Crippen LogP contribution < -0.4 is 10.2 Å². The molecule has 0 aliphatic carbocycles. The number of hydrogen-bond donors (Lipinski definition) is 1. The second kappa shape index (κ2) is 8.10. The number of para-hydroxylation sites is 2. The smallest absolute Gasteiger partial charge is 0.257 e. The van der Waals surface area contributed by atoms with Crippen LogP contribution in [-0.4, -0.2) is 28.2 Å². The molecule has 1 aliphatic rings. The molecule has 0 bridgehead atoms. The van der Waals surface area contributed by atoms with E-state index in [0.717, 1.165) is 4.86 Å². The first kappa shape index (κ1) is 18.1. The van der Waals surface area contributed by atoms with Gasteiger partial charge in [-0.1, -0.05) is 30.3 Å². The first-order chi connectivity index (χ1) is 12.1. The molecule has 2 aromatic rings. The molecule has 0 radical (unpaired) electrons. The summed E-state index contributed by atoms with van der Waals surface area (Å²) in [5.41, 5.74) is 1.05. The van der Waals surface area contributed by atoms with Gasteiger partial charge in [0, 0.05) is 12.1 Å². The van der Waals surface area contributed by atoms with Crippen molar-refractivity contribution in [3.8, 4) is 0 Å². The van der Waals surface area contributed by atoms with E-state index < -0.39 is 0 Å². The second-order valence-corrected chi connectivity index (χ2v) is 9.16. The van der Waals surface area contributed by atoms with Crippen molar-refractivity contribution in [3.05, 3.63) is 60.2 Å². The highest BCUT2D eigenvalue weighted by Gasteiger charge is 2.40. The zero-order valence-electron chi connectivity index (χ0n) is 13.2. The molecule has 1 fully saturated rings. The predicted octanol–water partition coefficient (Wildman–Crippen LogP) is 2.95. The highest BCUT2D eigenvalue weighted by Crippen LogP contribution is 2.34. The Labute approximate surface area is 161 Å². The number of amides is 3. The standard InChI is InChI=1S/C17H15BIN2O3P/c19-18-25-14-10-15(22)21(17(14)24)13-9-5-4-8-12(13)16(23)20-11-6-2-1-3-7-11/h1-9,14,18,25H,10H2,(H,20,23). The van der Waals surface area contributed by atoms with E-state index in [1.54, 1.807) is 36.4 Å². The number of hydrogen-bond acceptors (Lipinski definition) is 3. The molecule has 1 aliphatic heterocycles. The quantitative estimate of drug-likeness (QED) is 0.321. The molecule has 2 aromatic carbocycles. The van der Waals surface area contributed by atoms with Gasteiger partial charge in [0.05, 0.1) is 16.9 Å². The second-order valence-electron chi connectivity index (χ2n) is 5.50. The average molecular weight is 464 g/mol. The van der Waals surface area contributed by atoms with Gasteiger partial charge in [0.25, 0.3) is 5.91 Å².